The zero-order chi connectivity index (χ0) is 28.4. The summed E-state index contributed by atoms with van der Waals surface area (Å²) < 4.78 is 19.4. The van der Waals surface area contributed by atoms with Crippen molar-refractivity contribution >= 4 is 27.2 Å². The Hall–Kier alpha value is -5.63. The van der Waals surface area contributed by atoms with E-state index in [1.54, 1.807) is 31.1 Å². The summed E-state index contributed by atoms with van der Waals surface area (Å²) in [7, 11) is 3.25. The Morgan fingerprint density at radius 1 is 0.810 bits per heavy atom. The number of benzene rings is 5. The maximum absolute atomic E-state index is 10.9. The van der Waals surface area contributed by atoms with Crippen LogP contribution in [-0.4, -0.2) is 38.9 Å². The third kappa shape index (κ3) is 3.58. The van der Waals surface area contributed by atoms with E-state index < -0.39 is 0 Å². The highest BCUT2D eigenvalue weighted by atomic mass is 16.5. The Bertz CT molecular complexity index is 2190. The van der Waals surface area contributed by atoms with Crippen LogP contribution in [0.2, 0.25) is 0 Å². The van der Waals surface area contributed by atoms with Gasteiger partial charge in [-0.1, -0.05) is 66.7 Å². The molecule has 0 aliphatic carbocycles. The van der Waals surface area contributed by atoms with Gasteiger partial charge in [-0.2, -0.15) is 0 Å². The van der Waals surface area contributed by atoms with Gasteiger partial charge in [0.05, 0.1) is 25.3 Å². The molecule has 0 bridgehead atoms. The van der Waals surface area contributed by atoms with Crippen LogP contribution < -0.4 is 14.2 Å². The van der Waals surface area contributed by atoms with Gasteiger partial charge in [-0.15, -0.1) is 5.10 Å². The van der Waals surface area contributed by atoms with Crippen molar-refractivity contribution in [2.75, 3.05) is 14.2 Å². The molecule has 7 aromatic rings. The monoisotopic (exact) mass is 552 g/mol. The van der Waals surface area contributed by atoms with Crippen LogP contribution in [-0.2, 0) is 0 Å². The molecule has 0 amide bonds. The van der Waals surface area contributed by atoms with E-state index in [4.69, 9.17) is 29.3 Å². The van der Waals surface area contributed by atoms with Crippen LogP contribution in [0.3, 0.4) is 0 Å². The fraction of sp³-hybridized carbons (Fsp3) is 0.0882. The van der Waals surface area contributed by atoms with Crippen molar-refractivity contribution in [1.82, 2.24) is 19.6 Å². The molecular weight excluding hydrogens is 528 g/mol. The Labute approximate surface area is 240 Å². The van der Waals surface area contributed by atoms with Crippen molar-refractivity contribution in [1.29, 1.82) is 0 Å². The predicted molar refractivity (Wildman–Crippen MR) is 160 cm³/mol. The fourth-order valence-corrected chi connectivity index (χ4v) is 5.95. The van der Waals surface area contributed by atoms with Gasteiger partial charge in [0.25, 0.3) is 0 Å². The quantitative estimate of drug-likeness (QED) is 0.249. The van der Waals surface area contributed by atoms with Gasteiger partial charge in [-0.25, -0.2) is 14.5 Å². The molecule has 8 heteroatoms. The molecule has 1 aliphatic rings. The first kappa shape index (κ1) is 24.2. The van der Waals surface area contributed by atoms with Crippen molar-refractivity contribution in [3.63, 3.8) is 0 Å². The molecule has 42 heavy (non-hydrogen) atoms. The molecule has 0 fully saturated rings. The molecule has 1 atom stereocenters. The van der Waals surface area contributed by atoms with Gasteiger partial charge in [0, 0.05) is 16.9 Å². The molecule has 0 saturated carbocycles. The lowest BCUT2D eigenvalue weighted by atomic mass is 9.82. The Morgan fingerprint density at radius 2 is 1.57 bits per heavy atom. The van der Waals surface area contributed by atoms with E-state index in [0.29, 0.717) is 34.4 Å². The summed E-state index contributed by atoms with van der Waals surface area (Å²) in [6.07, 6.45) is 1.60. The maximum Gasteiger partial charge on any atom is 0.228 e. The van der Waals surface area contributed by atoms with E-state index in [2.05, 4.69) is 24.3 Å². The van der Waals surface area contributed by atoms with E-state index in [0.717, 1.165) is 44.0 Å². The number of aromatic hydroxyl groups is 1. The third-order valence-corrected chi connectivity index (χ3v) is 7.94. The van der Waals surface area contributed by atoms with Crippen LogP contribution in [0.1, 0.15) is 22.6 Å². The largest absolute Gasteiger partial charge is 0.507 e. The van der Waals surface area contributed by atoms with Crippen molar-refractivity contribution in [2.24, 2.45) is 0 Å². The number of rotatable bonds is 4. The molecule has 5 aromatic carbocycles. The average molecular weight is 553 g/mol. The topological polar surface area (TPSA) is 91.0 Å². The van der Waals surface area contributed by atoms with Crippen molar-refractivity contribution in [3.05, 3.63) is 114 Å². The lowest BCUT2D eigenvalue weighted by Crippen LogP contribution is -2.15. The summed E-state index contributed by atoms with van der Waals surface area (Å²) in [4.78, 5) is 9.67. The maximum atomic E-state index is 10.9. The lowest BCUT2D eigenvalue weighted by molar-refractivity contribution is 0.354. The first-order valence-corrected chi connectivity index (χ1v) is 13.5. The molecule has 3 heterocycles. The fourth-order valence-electron chi connectivity index (χ4n) is 5.95. The van der Waals surface area contributed by atoms with Crippen LogP contribution in [0.4, 0.5) is 0 Å². The minimum absolute atomic E-state index is 0.107. The van der Waals surface area contributed by atoms with Crippen LogP contribution in [0.15, 0.2) is 97.3 Å². The number of methoxy groups -OCH3 is 2. The molecule has 0 radical (unpaired) electrons. The number of fused-ring (bicyclic) bond motifs is 7. The number of hydrogen-bond acceptors (Lipinski definition) is 7. The number of ether oxygens (including phenoxy) is 3. The van der Waals surface area contributed by atoms with Crippen molar-refractivity contribution in [2.45, 2.75) is 5.92 Å². The van der Waals surface area contributed by atoms with Crippen LogP contribution in [0, 0.1) is 0 Å². The molecule has 0 spiro atoms. The zero-order valence-corrected chi connectivity index (χ0v) is 22.8. The first-order valence-electron chi connectivity index (χ1n) is 13.5. The standard InChI is InChI=1S/C34H24N4O4/c1-40-27-14-12-22(17-28(27)41-2)29-24-13-11-19-7-5-6-10-23(19)31(24)42-34-30(29)33-36-32(37-38(33)18-35-34)25-15-20-8-3-4-9-21(20)16-26(25)39/h3-18,29,39H,1-2H3/t29-/m0/s1. The summed E-state index contributed by atoms with van der Waals surface area (Å²) in [5, 5.41) is 19.7. The molecule has 204 valence electrons. The van der Waals surface area contributed by atoms with Crippen molar-refractivity contribution < 1.29 is 19.3 Å². The van der Waals surface area contributed by atoms with E-state index >= 15 is 0 Å². The van der Waals surface area contributed by atoms with Crippen molar-refractivity contribution in [3.8, 4) is 40.3 Å². The minimum Gasteiger partial charge on any atom is -0.507 e. The molecule has 0 saturated heterocycles. The van der Waals surface area contributed by atoms with E-state index in [9.17, 15) is 5.11 Å². The van der Waals surface area contributed by atoms with Gasteiger partial charge in [-0.3, -0.25) is 0 Å². The van der Waals surface area contributed by atoms with E-state index in [1.165, 1.54) is 0 Å². The SMILES string of the molecule is COc1ccc([C@H]2c3ccc4ccccc4c3Oc3ncn4nc(-c5cc6ccccc6cc5O)nc4c32)cc1OC. The minimum atomic E-state index is -0.299. The smallest absolute Gasteiger partial charge is 0.228 e. The Balaban J connectivity index is 1.39. The van der Waals surface area contributed by atoms with Gasteiger partial charge in [0.2, 0.25) is 5.88 Å². The van der Waals surface area contributed by atoms with E-state index in [1.807, 2.05) is 60.7 Å². The second kappa shape index (κ2) is 9.21. The van der Waals surface area contributed by atoms with Gasteiger partial charge >= 0.3 is 0 Å². The third-order valence-electron chi connectivity index (χ3n) is 7.94. The molecule has 1 N–H and O–H groups in total. The highest BCUT2D eigenvalue weighted by molar-refractivity contribution is 5.92. The summed E-state index contributed by atoms with van der Waals surface area (Å²) in [6.45, 7) is 0. The number of nitrogens with zero attached hydrogens (tertiary/aromatic N) is 4. The number of phenols is 1. The van der Waals surface area contributed by atoms with Crippen LogP contribution >= 0.6 is 0 Å². The second-order valence-electron chi connectivity index (χ2n) is 10.2. The molecule has 8 nitrogen and oxygen atoms in total. The zero-order valence-electron chi connectivity index (χ0n) is 22.8. The van der Waals surface area contributed by atoms with Crippen LogP contribution in [0.5, 0.6) is 28.9 Å². The normalized spacial score (nSPS) is 14.0. The Morgan fingerprint density at radius 3 is 2.38 bits per heavy atom. The molecular formula is C34H24N4O4. The highest BCUT2D eigenvalue weighted by Gasteiger charge is 2.35. The number of phenolic OH excluding ortho intramolecular Hbond substituents is 1. The molecule has 0 unspecified atom stereocenters. The Kier molecular flexibility index (Phi) is 5.30. The molecule has 8 rings (SSSR count). The lowest BCUT2D eigenvalue weighted by Gasteiger charge is -2.29. The molecule has 1 aliphatic heterocycles. The summed E-state index contributed by atoms with van der Waals surface area (Å²) >= 11 is 0. The van der Waals surface area contributed by atoms with Gasteiger partial charge in [-0.05, 0) is 46.0 Å². The van der Waals surface area contributed by atoms with Gasteiger partial charge < -0.3 is 19.3 Å². The highest BCUT2D eigenvalue weighted by Crippen LogP contribution is 2.51. The van der Waals surface area contributed by atoms with E-state index in [-0.39, 0.29) is 11.7 Å². The summed E-state index contributed by atoms with van der Waals surface area (Å²) in [5.41, 5.74) is 3.83. The van der Waals surface area contributed by atoms with Gasteiger partial charge in [0.15, 0.2) is 23.0 Å². The number of hydrogen-bond donors (Lipinski definition) is 1. The van der Waals surface area contributed by atoms with Crippen LogP contribution in [0.25, 0.3) is 38.6 Å². The average Bonchev–Trinajstić information content (AvgIpc) is 3.47. The summed E-state index contributed by atoms with van der Waals surface area (Å²) in [6, 6.07) is 29.8. The summed E-state index contributed by atoms with van der Waals surface area (Å²) in [5.74, 6) is 2.66. The predicted octanol–water partition coefficient (Wildman–Crippen LogP) is 7.11. The first-order chi connectivity index (χ1) is 20.6. The number of aromatic nitrogens is 4. The van der Waals surface area contributed by atoms with Gasteiger partial charge in [0.1, 0.15) is 17.8 Å². The second-order valence-corrected chi connectivity index (χ2v) is 10.2. The molecule has 2 aromatic heterocycles.